The highest BCUT2D eigenvalue weighted by molar-refractivity contribution is 14.0. The van der Waals surface area contributed by atoms with Gasteiger partial charge in [-0.15, -0.1) is 24.0 Å². The monoisotopic (exact) mass is 340 g/mol. The van der Waals surface area contributed by atoms with E-state index in [4.69, 9.17) is 11.5 Å². The number of hydrogen-bond acceptors (Lipinski definition) is 2. The molecule has 1 aliphatic carbocycles. The predicted molar refractivity (Wildman–Crippen MR) is 80.2 cm³/mol. The van der Waals surface area contributed by atoms with E-state index in [1.54, 1.807) is 0 Å². The Hall–Kier alpha value is -0.0400. The van der Waals surface area contributed by atoms with Gasteiger partial charge in [-0.1, -0.05) is 19.3 Å². The first-order chi connectivity index (χ1) is 7.20. The minimum absolute atomic E-state index is 0. The number of nitrogens with two attached hydrogens (primary N) is 2. The molecule has 0 aromatic carbocycles. The zero-order valence-corrected chi connectivity index (χ0v) is 12.5. The smallest absolute Gasteiger partial charge is 0.185 e. The fourth-order valence-electron chi connectivity index (χ4n) is 2.23. The second-order valence-corrected chi connectivity index (χ2v) is 4.43. The summed E-state index contributed by atoms with van der Waals surface area (Å²) in [5.74, 6) is 0.204. The predicted octanol–water partition coefficient (Wildman–Crippen LogP) is 1.53. The van der Waals surface area contributed by atoms with Gasteiger partial charge in [0.1, 0.15) is 0 Å². The van der Waals surface area contributed by atoms with Crippen LogP contribution in [0.4, 0.5) is 0 Å². The Morgan fingerprint density at radius 3 is 2.44 bits per heavy atom. The maximum atomic E-state index is 5.27. The van der Waals surface area contributed by atoms with E-state index in [0.717, 1.165) is 25.6 Å². The molecule has 0 saturated heterocycles. The molecule has 4 N–H and O–H groups in total. The SMILES string of the molecule is CN(CCCN=C(N)N)C1CCCCC1.I. The molecule has 0 unspecified atom stereocenters. The van der Waals surface area contributed by atoms with E-state index < -0.39 is 0 Å². The van der Waals surface area contributed by atoms with Crippen LogP contribution in [0, 0.1) is 0 Å². The molecular weight excluding hydrogens is 315 g/mol. The summed E-state index contributed by atoms with van der Waals surface area (Å²) in [4.78, 5) is 6.45. The van der Waals surface area contributed by atoms with Gasteiger partial charge >= 0.3 is 0 Å². The van der Waals surface area contributed by atoms with Crippen LogP contribution in [0.25, 0.3) is 0 Å². The maximum absolute atomic E-state index is 5.27. The highest BCUT2D eigenvalue weighted by Crippen LogP contribution is 2.21. The summed E-state index contributed by atoms with van der Waals surface area (Å²) >= 11 is 0. The summed E-state index contributed by atoms with van der Waals surface area (Å²) in [5.41, 5.74) is 10.5. The summed E-state index contributed by atoms with van der Waals surface area (Å²) in [5, 5.41) is 0. The van der Waals surface area contributed by atoms with Crippen molar-refractivity contribution >= 4 is 29.9 Å². The van der Waals surface area contributed by atoms with E-state index in [9.17, 15) is 0 Å². The molecule has 4 nitrogen and oxygen atoms in total. The van der Waals surface area contributed by atoms with Gasteiger partial charge in [0.2, 0.25) is 0 Å². The summed E-state index contributed by atoms with van der Waals surface area (Å²) in [6.07, 6.45) is 7.96. The third kappa shape index (κ3) is 6.52. The lowest BCUT2D eigenvalue weighted by molar-refractivity contribution is 0.191. The standard InChI is InChI=1S/C11H24N4.HI/c1-15(9-5-8-14-11(12)13)10-6-3-2-4-7-10;/h10H,2-9H2,1H3,(H4,12,13,14);1H. The average Bonchev–Trinajstić information content (AvgIpc) is 2.25. The van der Waals surface area contributed by atoms with Gasteiger partial charge in [-0.25, -0.2) is 0 Å². The first-order valence-electron chi connectivity index (χ1n) is 5.96. The maximum Gasteiger partial charge on any atom is 0.185 e. The minimum atomic E-state index is 0. The van der Waals surface area contributed by atoms with Crippen molar-refractivity contribution in [2.75, 3.05) is 20.1 Å². The molecule has 0 amide bonds. The number of halogens is 1. The molecule has 5 heteroatoms. The van der Waals surface area contributed by atoms with Crippen molar-refractivity contribution in [1.82, 2.24) is 4.90 Å². The third-order valence-electron chi connectivity index (χ3n) is 3.16. The normalized spacial score (nSPS) is 16.9. The molecule has 1 saturated carbocycles. The topological polar surface area (TPSA) is 67.6 Å². The van der Waals surface area contributed by atoms with Crippen molar-refractivity contribution < 1.29 is 0 Å². The van der Waals surface area contributed by atoms with Gasteiger partial charge in [-0.2, -0.15) is 0 Å². The highest BCUT2D eigenvalue weighted by atomic mass is 127. The van der Waals surface area contributed by atoms with Gasteiger partial charge in [-0.05, 0) is 32.9 Å². The van der Waals surface area contributed by atoms with Crippen LogP contribution in [-0.4, -0.2) is 37.0 Å². The molecule has 1 aliphatic rings. The Morgan fingerprint density at radius 1 is 1.25 bits per heavy atom. The molecular formula is C11H25IN4. The van der Waals surface area contributed by atoms with Crippen molar-refractivity contribution in [3.63, 3.8) is 0 Å². The quantitative estimate of drug-likeness (QED) is 0.345. The summed E-state index contributed by atoms with van der Waals surface area (Å²) in [7, 11) is 2.21. The first-order valence-corrected chi connectivity index (χ1v) is 5.96. The van der Waals surface area contributed by atoms with Gasteiger partial charge < -0.3 is 16.4 Å². The Morgan fingerprint density at radius 2 is 1.88 bits per heavy atom. The molecule has 1 rings (SSSR count). The van der Waals surface area contributed by atoms with Gasteiger partial charge in [-0.3, -0.25) is 4.99 Å². The summed E-state index contributed by atoms with van der Waals surface area (Å²) < 4.78 is 0. The van der Waals surface area contributed by atoms with E-state index in [0.29, 0.717) is 0 Å². The molecule has 0 aliphatic heterocycles. The fraction of sp³-hybridized carbons (Fsp3) is 0.909. The fourth-order valence-corrected chi connectivity index (χ4v) is 2.23. The first kappa shape index (κ1) is 16.0. The van der Waals surface area contributed by atoms with Crippen LogP contribution in [0.1, 0.15) is 38.5 Å². The molecule has 0 aromatic heterocycles. The Labute approximate surface area is 116 Å². The molecule has 0 heterocycles. The van der Waals surface area contributed by atoms with Crippen molar-refractivity contribution in [1.29, 1.82) is 0 Å². The van der Waals surface area contributed by atoms with Crippen molar-refractivity contribution in [2.24, 2.45) is 16.5 Å². The van der Waals surface area contributed by atoms with Crippen LogP contribution >= 0.6 is 24.0 Å². The van der Waals surface area contributed by atoms with Gasteiger partial charge in [0, 0.05) is 12.6 Å². The molecule has 0 bridgehead atoms. The van der Waals surface area contributed by atoms with E-state index >= 15 is 0 Å². The zero-order chi connectivity index (χ0) is 11.1. The van der Waals surface area contributed by atoms with Crippen molar-refractivity contribution in [3.8, 4) is 0 Å². The van der Waals surface area contributed by atoms with Crippen LogP contribution in [0.2, 0.25) is 0 Å². The highest BCUT2D eigenvalue weighted by Gasteiger charge is 2.16. The van der Waals surface area contributed by atoms with E-state index in [2.05, 4.69) is 16.9 Å². The molecule has 0 spiro atoms. The van der Waals surface area contributed by atoms with E-state index in [1.807, 2.05) is 0 Å². The third-order valence-corrected chi connectivity index (χ3v) is 3.16. The zero-order valence-electron chi connectivity index (χ0n) is 10.2. The number of aliphatic imine (C=N–C) groups is 1. The van der Waals surface area contributed by atoms with Crippen LogP contribution in [0.5, 0.6) is 0 Å². The lowest BCUT2D eigenvalue weighted by atomic mass is 9.94. The van der Waals surface area contributed by atoms with Crippen LogP contribution < -0.4 is 11.5 Å². The van der Waals surface area contributed by atoms with Crippen LogP contribution in [-0.2, 0) is 0 Å². The second-order valence-electron chi connectivity index (χ2n) is 4.43. The lowest BCUT2D eigenvalue weighted by Gasteiger charge is -2.30. The molecule has 0 atom stereocenters. The van der Waals surface area contributed by atoms with Crippen molar-refractivity contribution in [2.45, 2.75) is 44.6 Å². The Kier molecular flexibility index (Phi) is 9.02. The van der Waals surface area contributed by atoms with Crippen LogP contribution in [0.15, 0.2) is 4.99 Å². The molecule has 0 aromatic rings. The average molecular weight is 340 g/mol. The number of rotatable bonds is 5. The van der Waals surface area contributed by atoms with Gasteiger partial charge in [0.15, 0.2) is 5.96 Å². The molecule has 96 valence electrons. The van der Waals surface area contributed by atoms with E-state index in [-0.39, 0.29) is 29.9 Å². The number of guanidine groups is 1. The minimum Gasteiger partial charge on any atom is -0.370 e. The molecule has 16 heavy (non-hydrogen) atoms. The number of nitrogens with zero attached hydrogens (tertiary/aromatic N) is 2. The lowest BCUT2D eigenvalue weighted by Crippen LogP contribution is -2.34. The van der Waals surface area contributed by atoms with Crippen LogP contribution in [0.3, 0.4) is 0 Å². The summed E-state index contributed by atoms with van der Waals surface area (Å²) in [6.45, 7) is 1.85. The summed E-state index contributed by atoms with van der Waals surface area (Å²) in [6, 6.07) is 0.790. The number of hydrogen-bond donors (Lipinski definition) is 2. The molecule has 1 fully saturated rings. The largest absolute Gasteiger partial charge is 0.370 e. The van der Waals surface area contributed by atoms with E-state index in [1.165, 1.54) is 32.1 Å². The van der Waals surface area contributed by atoms with Crippen molar-refractivity contribution in [3.05, 3.63) is 0 Å². The Bertz CT molecular complexity index is 198. The Balaban J connectivity index is 0.00000225. The second kappa shape index (κ2) is 9.04. The van der Waals surface area contributed by atoms with Gasteiger partial charge in [0.25, 0.3) is 0 Å². The van der Waals surface area contributed by atoms with Gasteiger partial charge in [0.05, 0.1) is 0 Å². The molecule has 0 radical (unpaired) electrons.